The molecule has 0 spiro atoms. The fraction of sp³-hybridized carbons (Fsp3) is 0.188. The average molecular weight is 488 g/mol. The van der Waals surface area contributed by atoms with Crippen molar-refractivity contribution in [2.24, 2.45) is 5.92 Å². The summed E-state index contributed by atoms with van der Waals surface area (Å²) in [7, 11) is 0. The van der Waals surface area contributed by atoms with Gasteiger partial charge >= 0.3 is 0 Å². The zero-order valence-corrected chi connectivity index (χ0v) is 20.5. The van der Waals surface area contributed by atoms with Gasteiger partial charge in [-0.3, -0.25) is 4.79 Å². The first kappa shape index (κ1) is 22.0. The Morgan fingerprint density at radius 1 is 0.946 bits per heavy atom. The number of aromatic nitrogens is 2. The van der Waals surface area contributed by atoms with Gasteiger partial charge in [-0.05, 0) is 78.1 Å². The summed E-state index contributed by atoms with van der Waals surface area (Å²) in [6.45, 7) is 3.60. The summed E-state index contributed by atoms with van der Waals surface area (Å²) < 4.78 is 15.4. The SMILES string of the molecule is Cc1cc2c(cnn2-c2ccc(F)cc2)cc1[C@]12CN(C(=O)c3ccccc3)C[C@H]1[C@@H]2c1ccccc1. The Morgan fingerprint density at radius 3 is 2.38 bits per heavy atom. The van der Waals surface area contributed by atoms with Crippen molar-refractivity contribution >= 4 is 16.8 Å². The van der Waals surface area contributed by atoms with Gasteiger partial charge in [-0.15, -0.1) is 0 Å². The number of carbonyl (C=O) groups excluding carboxylic acids is 1. The molecule has 5 aromatic rings. The molecule has 0 bridgehead atoms. The van der Waals surface area contributed by atoms with Crippen LogP contribution in [0.1, 0.15) is 33.0 Å². The minimum Gasteiger partial charge on any atom is -0.337 e. The van der Waals surface area contributed by atoms with E-state index in [9.17, 15) is 9.18 Å². The Bertz CT molecular complexity index is 1630. The second-order valence-electron chi connectivity index (χ2n) is 10.3. The lowest BCUT2D eigenvalue weighted by Crippen LogP contribution is -2.34. The van der Waals surface area contributed by atoms with Gasteiger partial charge < -0.3 is 4.90 Å². The van der Waals surface area contributed by atoms with E-state index in [2.05, 4.69) is 54.5 Å². The summed E-state index contributed by atoms with van der Waals surface area (Å²) in [6, 6.07) is 31.1. The molecule has 0 radical (unpaired) electrons. The fourth-order valence-electron chi connectivity index (χ4n) is 6.65. The zero-order chi connectivity index (χ0) is 25.1. The fourth-order valence-corrected chi connectivity index (χ4v) is 6.65. The molecule has 2 heterocycles. The zero-order valence-electron chi connectivity index (χ0n) is 20.5. The number of hydrogen-bond donors (Lipinski definition) is 0. The smallest absolute Gasteiger partial charge is 0.253 e. The molecular formula is C32H26FN3O. The first-order valence-corrected chi connectivity index (χ1v) is 12.7. The van der Waals surface area contributed by atoms with Gasteiger partial charge in [0.25, 0.3) is 5.91 Å². The van der Waals surface area contributed by atoms with Crippen molar-refractivity contribution in [3.63, 3.8) is 0 Å². The van der Waals surface area contributed by atoms with E-state index in [4.69, 9.17) is 0 Å². The number of fused-ring (bicyclic) bond motifs is 2. The summed E-state index contributed by atoms with van der Waals surface area (Å²) >= 11 is 0. The lowest BCUT2D eigenvalue weighted by Gasteiger charge is -2.26. The van der Waals surface area contributed by atoms with Gasteiger partial charge in [-0.2, -0.15) is 5.10 Å². The third-order valence-corrected chi connectivity index (χ3v) is 8.33. The molecule has 2 fully saturated rings. The lowest BCUT2D eigenvalue weighted by molar-refractivity contribution is 0.0769. The average Bonchev–Trinajstić information content (AvgIpc) is 3.19. The van der Waals surface area contributed by atoms with E-state index in [0.29, 0.717) is 18.4 Å². The normalized spacial score (nSPS) is 22.3. The Kier molecular flexibility index (Phi) is 4.83. The van der Waals surface area contributed by atoms with Gasteiger partial charge in [-0.25, -0.2) is 9.07 Å². The molecule has 1 saturated heterocycles. The number of rotatable bonds is 4. The van der Waals surface area contributed by atoms with E-state index in [1.54, 1.807) is 12.1 Å². The van der Waals surface area contributed by atoms with Crippen LogP contribution < -0.4 is 0 Å². The lowest BCUT2D eigenvalue weighted by atomic mass is 9.86. The number of aryl methyl sites for hydroxylation is 1. The van der Waals surface area contributed by atoms with Crippen LogP contribution in [0.4, 0.5) is 4.39 Å². The Hall–Kier alpha value is -4.25. The highest BCUT2D eigenvalue weighted by Gasteiger charge is 2.70. The molecule has 2 aliphatic rings. The highest BCUT2D eigenvalue weighted by Crippen LogP contribution is 2.69. The van der Waals surface area contributed by atoms with Crippen LogP contribution in [0.25, 0.3) is 16.6 Å². The van der Waals surface area contributed by atoms with E-state index < -0.39 is 0 Å². The van der Waals surface area contributed by atoms with Gasteiger partial charge in [0.15, 0.2) is 0 Å². The molecule has 4 nitrogen and oxygen atoms in total. The van der Waals surface area contributed by atoms with Crippen molar-refractivity contribution in [1.82, 2.24) is 14.7 Å². The van der Waals surface area contributed by atoms with Crippen LogP contribution in [0, 0.1) is 18.7 Å². The molecule has 0 unspecified atom stereocenters. The second kappa shape index (κ2) is 8.13. The van der Waals surface area contributed by atoms with Crippen LogP contribution in [0.15, 0.2) is 103 Å². The van der Waals surface area contributed by atoms with E-state index in [-0.39, 0.29) is 17.1 Å². The van der Waals surface area contributed by atoms with Gasteiger partial charge in [0.1, 0.15) is 5.82 Å². The predicted molar refractivity (Wildman–Crippen MR) is 142 cm³/mol. The van der Waals surface area contributed by atoms with Crippen molar-refractivity contribution < 1.29 is 9.18 Å². The Labute approximate surface area is 215 Å². The van der Waals surface area contributed by atoms with Gasteiger partial charge in [-0.1, -0.05) is 48.5 Å². The molecule has 1 aromatic heterocycles. The Morgan fingerprint density at radius 2 is 1.65 bits per heavy atom. The van der Waals surface area contributed by atoms with Crippen molar-refractivity contribution in [1.29, 1.82) is 0 Å². The molecule has 1 aliphatic carbocycles. The van der Waals surface area contributed by atoms with Crippen LogP contribution in [0.2, 0.25) is 0 Å². The maximum absolute atomic E-state index is 13.5. The van der Waals surface area contributed by atoms with E-state index in [0.717, 1.165) is 28.7 Å². The molecule has 7 rings (SSSR count). The maximum atomic E-state index is 13.5. The van der Waals surface area contributed by atoms with Crippen LogP contribution in [-0.4, -0.2) is 33.7 Å². The topological polar surface area (TPSA) is 38.1 Å². The molecular weight excluding hydrogens is 461 g/mol. The summed E-state index contributed by atoms with van der Waals surface area (Å²) in [5.74, 6) is 0.574. The molecule has 4 aromatic carbocycles. The van der Waals surface area contributed by atoms with Gasteiger partial charge in [0.05, 0.1) is 17.4 Å². The number of likely N-dealkylation sites (tertiary alicyclic amines) is 1. The first-order valence-electron chi connectivity index (χ1n) is 12.7. The van der Waals surface area contributed by atoms with E-state index in [1.165, 1.54) is 28.8 Å². The number of hydrogen-bond acceptors (Lipinski definition) is 2. The monoisotopic (exact) mass is 487 g/mol. The van der Waals surface area contributed by atoms with Crippen molar-refractivity contribution in [2.75, 3.05) is 13.1 Å². The van der Waals surface area contributed by atoms with Crippen LogP contribution in [-0.2, 0) is 5.41 Å². The van der Waals surface area contributed by atoms with Crippen molar-refractivity contribution in [3.8, 4) is 5.69 Å². The molecule has 3 atom stereocenters. The van der Waals surface area contributed by atoms with Crippen molar-refractivity contribution in [2.45, 2.75) is 18.3 Å². The summed E-state index contributed by atoms with van der Waals surface area (Å²) in [4.78, 5) is 15.4. The highest BCUT2D eigenvalue weighted by molar-refractivity contribution is 5.95. The van der Waals surface area contributed by atoms with Gasteiger partial charge in [0, 0.05) is 35.4 Å². The quantitative estimate of drug-likeness (QED) is 0.299. The number of halogens is 1. The number of amides is 1. The van der Waals surface area contributed by atoms with Crippen LogP contribution in [0.5, 0.6) is 0 Å². The number of carbonyl (C=O) groups is 1. The molecule has 37 heavy (non-hydrogen) atoms. The van der Waals surface area contributed by atoms with Gasteiger partial charge in [0.2, 0.25) is 0 Å². The number of nitrogens with zero attached hydrogens (tertiary/aromatic N) is 3. The minimum absolute atomic E-state index is 0.0989. The maximum Gasteiger partial charge on any atom is 0.253 e. The molecule has 1 saturated carbocycles. The third-order valence-electron chi connectivity index (χ3n) is 8.33. The molecule has 1 aliphatic heterocycles. The first-order chi connectivity index (χ1) is 18.1. The van der Waals surface area contributed by atoms with E-state index >= 15 is 0 Å². The largest absolute Gasteiger partial charge is 0.337 e. The number of benzene rings is 4. The summed E-state index contributed by atoms with van der Waals surface area (Å²) in [5, 5.41) is 5.68. The van der Waals surface area contributed by atoms with Crippen molar-refractivity contribution in [3.05, 3.63) is 131 Å². The van der Waals surface area contributed by atoms with E-state index in [1.807, 2.05) is 46.1 Å². The standard InChI is InChI=1S/C32H26FN3O/c1-21-16-29-24(18-34-36(29)26-14-12-25(33)13-15-26)17-27(21)32-20-35(31(37)23-10-6-3-7-11-23)19-28(32)30(32)22-8-4-2-5-9-22/h2-18,28,30H,19-20H2,1H3/t28-,30-,32+/m0/s1. The highest BCUT2D eigenvalue weighted by atomic mass is 19.1. The predicted octanol–water partition coefficient (Wildman–Crippen LogP) is 6.28. The molecule has 0 N–H and O–H groups in total. The summed E-state index contributed by atoms with van der Waals surface area (Å²) in [5.41, 5.74) is 6.25. The third kappa shape index (κ3) is 3.34. The molecule has 1 amide bonds. The molecule has 5 heteroatoms. The minimum atomic E-state index is -0.264. The summed E-state index contributed by atoms with van der Waals surface area (Å²) in [6.07, 6.45) is 1.88. The van der Waals surface area contributed by atoms with Crippen LogP contribution >= 0.6 is 0 Å². The second-order valence-corrected chi connectivity index (χ2v) is 10.3. The van der Waals surface area contributed by atoms with Crippen LogP contribution in [0.3, 0.4) is 0 Å². The Balaban J connectivity index is 1.31. The molecule has 182 valence electrons. The number of piperidine rings is 1.